The highest BCUT2D eigenvalue weighted by atomic mass is 16.5. The number of aliphatic hydroxyl groups excluding tert-OH is 1. The van der Waals surface area contributed by atoms with Gasteiger partial charge in [-0.15, -0.1) is 0 Å². The second-order valence-corrected chi connectivity index (χ2v) is 3.84. The molecule has 82 valence electrons. The summed E-state index contributed by atoms with van der Waals surface area (Å²) in [5, 5.41) is 9.28. The van der Waals surface area contributed by atoms with Crippen LogP contribution < -0.4 is 9.64 Å². The first-order valence-corrected chi connectivity index (χ1v) is 5.37. The van der Waals surface area contributed by atoms with Crippen LogP contribution in [0.3, 0.4) is 0 Å². The van der Waals surface area contributed by atoms with Gasteiger partial charge < -0.3 is 14.7 Å². The van der Waals surface area contributed by atoms with Crippen molar-refractivity contribution in [2.24, 2.45) is 0 Å². The van der Waals surface area contributed by atoms with Crippen LogP contribution in [0.25, 0.3) is 0 Å². The third-order valence-electron chi connectivity index (χ3n) is 2.98. The Morgan fingerprint density at radius 3 is 3.00 bits per heavy atom. The molecule has 3 heteroatoms. The van der Waals surface area contributed by atoms with Crippen molar-refractivity contribution < 1.29 is 9.84 Å². The van der Waals surface area contributed by atoms with Crippen LogP contribution in [0.15, 0.2) is 24.3 Å². The van der Waals surface area contributed by atoms with E-state index in [1.165, 1.54) is 0 Å². The molecule has 1 atom stereocenters. The molecule has 1 aromatic carbocycles. The van der Waals surface area contributed by atoms with Crippen molar-refractivity contribution in [2.75, 3.05) is 25.2 Å². The Morgan fingerprint density at radius 1 is 1.47 bits per heavy atom. The lowest BCUT2D eigenvalue weighted by molar-refractivity contribution is 0.266. The molecule has 1 heterocycles. The van der Waals surface area contributed by atoms with Crippen molar-refractivity contribution in [1.29, 1.82) is 0 Å². The van der Waals surface area contributed by atoms with Crippen molar-refractivity contribution in [1.82, 2.24) is 0 Å². The number of rotatable bonds is 3. The minimum atomic E-state index is 0.220. The molecule has 0 bridgehead atoms. The van der Waals surface area contributed by atoms with Gasteiger partial charge in [-0.05, 0) is 25.0 Å². The average Bonchev–Trinajstić information content (AvgIpc) is 2.76. The highest BCUT2D eigenvalue weighted by Gasteiger charge is 2.25. The summed E-state index contributed by atoms with van der Waals surface area (Å²) >= 11 is 0. The van der Waals surface area contributed by atoms with E-state index in [0.29, 0.717) is 0 Å². The third-order valence-corrected chi connectivity index (χ3v) is 2.98. The minimum absolute atomic E-state index is 0.220. The molecular weight excluding hydrogens is 190 g/mol. The van der Waals surface area contributed by atoms with E-state index in [1.807, 2.05) is 24.3 Å². The third kappa shape index (κ3) is 1.92. The summed E-state index contributed by atoms with van der Waals surface area (Å²) in [5.41, 5.74) is 1.09. The number of hydrogen-bond donors (Lipinski definition) is 1. The first-order valence-electron chi connectivity index (χ1n) is 5.37. The highest BCUT2D eigenvalue weighted by molar-refractivity contribution is 5.59. The summed E-state index contributed by atoms with van der Waals surface area (Å²) in [6, 6.07) is 8.23. The van der Waals surface area contributed by atoms with E-state index in [1.54, 1.807) is 7.11 Å². The Hall–Kier alpha value is -1.22. The lowest BCUT2D eigenvalue weighted by atomic mass is 10.2. The molecule has 1 fully saturated rings. The number of nitrogens with zero attached hydrogens (tertiary/aromatic N) is 1. The standard InChI is InChI=1S/C12H17NO2/c1-15-12-7-3-2-6-11(12)13-8-4-5-10(13)9-14/h2-3,6-7,10,14H,4-5,8-9H2,1H3. The van der Waals surface area contributed by atoms with Crippen LogP contribution in [0.1, 0.15) is 12.8 Å². The number of benzene rings is 1. The quantitative estimate of drug-likeness (QED) is 0.818. The fourth-order valence-corrected chi connectivity index (χ4v) is 2.21. The first-order chi connectivity index (χ1) is 7.36. The molecule has 2 rings (SSSR count). The van der Waals surface area contributed by atoms with Gasteiger partial charge in [-0.1, -0.05) is 12.1 Å². The van der Waals surface area contributed by atoms with E-state index in [0.717, 1.165) is 30.8 Å². The van der Waals surface area contributed by atoms with Gasteiger partial charge in [0.1, 0.15) is 5.75 Å². The zero-order valence-electron chi connectivity index (χ0n) is 9.02. The fourth-order valence-electron chi connectivity index (χ4n) is 2.21. The van der Waals surface area contributed by atoms with Crippen molar-refractivity contribution in [3.05, 3.63) is 24.3 Å². The fraction of sp³-hybridized carbons (Fsp3) is 0.500. The lowest BCUT2D eigenvalue weighted by Gasteiger charge is -2.26. The van der Waals surface area contributed by atoms with Gasteiger partial charge in [-0.2, -0.15) is 0 Å². The van der Waals surface area contributed by atoms with E-state index in [9.17, 15) is 5.11 Å². The molecule has 1 aromatic rings. The maximum absolute atomic E-state index is 9.28. The van der Waals surface area contributed by atoms with Crippen LogP contribution in [0.2, 0.25) is 0 Å². The topological polar surface area (TPSA) is 32.7 Å². The smallest absolute Gasteiger partial charge is 0.142 e. The van der Waals surface area contributed by atoms with Crippen molar-refractivity contribution >= 4 is 5.69 Å². The number of para-hydroxylation sites is 2. The average molecular weight is 207 g/mol. The van der Waals surface area contributed by atoms with E-state index in [2.05, 4.69) is 4.90 Å². The largest absolute Gasteiger partial charge is 0.495 e. The summed E-state index contributed by atoms with van der Waals surface area (Å²) in [5.74, 6) is 0.887. The van der Waals surface area contributed by atoms with Crippen LogP contribution in [-0.4, -0.2) is 31.4 Å². The number of anilines is 1. The van der Waals surface area contributed by atoms with Gasteiger partial charge in [0.05, 0.1) is 25.4 Å². The summed E-state index contributed by atoms with van der Waals surface area (Å²) in [7, 11) is 1.68. The molecule has 1 aliphatic heterocycles. The minimum Gasteiger partial charge on any atom is -0.495 e. The van der Waals surface area contributed by atoms with E-state index >= 15 is 0 Å². The number of hydrogen-bond acceptors (Lipinski definition) is 3. The number of ether oxygens (including phenoxy) is 1. The Bertz CT molecular complexity index is 327. The zero-order chi connectivity index (χ0) is 10.7. The molecule has 1 unspecified atom stereocenters. The predicted molar refractivity (Wildman–Crippen MR) is 60.4 cm³/mol. The summed E-state index contributed by atoms with van der Waals surface area (Å²) in [6.07, 6.45) is 2.21. The van der Waals surface area contributed by atoms with Gasteiger partial charge in [-0.3, -0.25) is 0 Å². The number of methoxy groups -OCH3 is 1. The zero-order valence-corrected chi connectivity index (χ0v) is 9.02. The molecule has 0 aliphatic carbocycles. The second kappa shape index (κ2) is 4.53. The monoisotopic (exact) mass is 207 g/mol. The van der Waals surface area contributed by atoms with Gasteiger partial charge >= 0.3 is 0 Å². The highest BCUT2D eigenvalue weighted by Crippen LogP contribution is 2.32. The Balaban J connectivity index is 2.27. The van der Waals surface area contributed by atoms with Crippen LogP contribution in [0.4, 0.5) is 5.69 Å². The Labute approximate surface area is 90.3 Å². The Kier molecular flexibility index (Phi) is 3.11. The molecule has 0 spiro atoms. The Morgan fingerprint density at radius 2 is 2.27 bits per heavy atom. The molecule has 0 saturated carbocycles. The first kappa shape index (κ1) is 10.3. The molecule has 3 nitrogen and oxygen atoms in total. The second-order valence-electron chi connectivity index (χ2n) is 3.84. The van der Waals surface area contributed by atoms with Crippen molar-refractivity contribution in [3.8, 4) is 5.75 Å². The van der Waals surface area contributed by atoms with E-state index in [-0.39, 0.29) is 12.6 Å². The lowest BCUT2D eigenvalue weighted by Crippen LogP contribution is -2.32. The molecule has 0 radical (unpaired) electrons. The molecular formula is C12H17NO2. The van der Waals surface area contributed by atoms with Gasteiger partial charge in [0.25, 0.3) is 0 Å². The van der Waals surface area contributed by atoms with Gasteiger partial charge in [0.2, 0.25) is 0 Å². The van der Waals surface area contributed by atoms with Gasteiger partial charge in [-0.25, -0.2) is 0 Å². The van der Waals surface area contributed by atoms with E-state index in [4.69, 9.17) is 4.74 Å². The van der Waals surface area contributed by atoms with E-state index < -0.39 is 0 Å². The van der Waals surface area contributed by atoms with Crippen LogP contribution in [-0.2, 0) is 0 Å². The molecule has 1 aliphatic rings. The molecule has 15 heavy (non-hydrogen) atoms. The summed E-state index contributed by atoms with van der Waals surface area (Å²) < 4.78 is 5.33. The molecule has 0 aromatic heterocycles. The summed E-state index contributed by atoms with van der Waals surface area (Å²) in [6.45, 7) is 1.23. The number of aliphatic hydroxyl groups is 1. The van der Waals surface area contributed by atoms with Crippen molar-refractivity contribution in [3.63, 3.8) is 0 Å². The van der Waals surface area contributed by atoms with Crippen LogP contribution in [0.5, 0.6) is 5.75 Å². The van der Waals surface area contributed by atoms with Gasteiger partial charge in [0, 0.05) is 6.54 Å². The summed E-state index contributed by atoms with van der Waals surface area (Å²) in [4.78, 5) is 2.23. The van der Waals surface area contributed by atoms with Crippen molar-refractivity contribution in [2.45, 2.75) is 18.9 Å². The maximum Gasteiger partial charge on any atom is 0.142 e. The maximum atomic E-state index is 9.28. The predicted octanol–water partition coefficient (Wildman–Crippen LogP) is 1.66. The molecule has 0 amide bonds. The van der Waals surface area contributed by atoms with Crippen LogP contribution >= 0.6 is 0 Å². The SMILES string of the molecule is COc1ccccc1N1CCCC1CO. The normalized spacial score (nSPS) is 20.7. The molecule has 1 saturated heterocycles. The van der Waals surface area contributed by atoms with Gasteiger partial charge in [0.15, 0.2) is 0 Å². The van der Waals surface area contributed by atoms with Crippen LogP contribution in [0, 0.1) is 0 Å². The molecule has 1 N–H and O–H groups in total.